The van der Waals surface area contributed by atoms with Gasteiger partial charge in [0.25, 0.3) is 0 Å². The fourth-order valence-corrected chi connectivity index (χ4v) is 5.04. The number of hydrogen-bond acceptors (Lipinski definition) is 9. The van der Waals surface area contributed by atoms with E-state index in [1.54, 1.807) is 0 Å². The molecular formula is C32H64NNaO9S. The van der Waals surface area contributed by atoms with E-state index in [1.807, 2.05) is 13.8 Å². The first-order chi connectivity index (χ1) is 20.0. The van der Waals surface area contributed by atoms with Crippen molar-refractivity contribution < 1.29 is 71.5 Å². The molecule has 0 radical (unpaired) electrons. The van der Waals surface area contributed by atoms with Crippen LogP contribution in [-0.2, 0) is 34.0 Å². The molecule has 0 aromatic rings. The summed E-state index contributed by atoms with van der Waals surface area (Å²) in [4.78, 5) is 34.4. The number of aliphatic carboxylic acids is 1. The van der Waals surface area contributed by atoms with Crippen LogP contribution in [0, 0.1) is 11.8 Å². The van der Waals surface area contributed by atoms with Gasteiger partial charge in [0.05, 0.1) is 19.6 Å². The monoisotopic (exact) mass is 661 g/mol. The second-order valence-electron chi connectivity index (χ2n) is 11.3. The van der Waals surface area contributed by atoms with Crippen molar-refractivity contribution in [1.82, 2.24) is 6.15 Å². The van der Waals surface area contributed by atoms with Crippen LogP contribution in [-0.4, -0.2) is 54.4 Å². The molecule has 0 saturated heterocycles. The standard InChI is InChI=1S/C20H38O7S.C12H24O2.H3N.Na/c1-5-9-11-16(7-3)14-26-19(21)13-18(28(23,24)25)20(22)27-15-17(8-4)12-10-6-2;1-2-3-4-5-6-7-8-9-10-11-12(13)14;;/h16-18H,5-15H2,1-4H3,(H,23,24,25);2-11H2,1H3,(H,13,14);1H3;/q;;;+1/p-1. The number of carboxylic acid groups (broad SMARTS) is 1. The minimum absolute atomic E-state index is 0. The fourth-order valence-electron chi connectivity index (χ4n) is 4.40. The smallest absolute Gasteiger partial charge is 0.747 e. The molecule has 0 saturated carbocycles. The summed E-state index contributed by atoms with van der Waals surface area (Å²) in [6, 6.07) is 0. The Kier molecular flexibility index (Phi) is 38.3. The van der Waals surface area contributed by atoms with Crippen molar-refractivity contribution in [1.29, 1.82) is 0 Å². The SMILES string of the molecule is CCCCC(CC)COC(=O)CC(C(=O)OCC(CC)CCCC)S(=O)(=O)[O-].CCCCCCCCCCCC(=O)O.N.[Na+]. The van der Waals surface area contributed by atoms with E-state index in [1.165, 1.54) is 44.9 Å². The van der Waals surface area contributed by atoms with Gasteiger partial charge in [0.1, 0.15) is 10.1 Å². The van der Waals surface area contributed by atoms with E-state index < -0.39 is 39.7 Å². The van der Waals surface area contributed by atoms with E-state index >= 15 is 0 Å². The molecule has 44 heavy (non-hydrogen) atoms. The molecule has 0 bridgehead atoms. The Hall–Kier alpha value is -0.720. The summed E-state index contributed by atoms with van der Waals surface area (Å²) in [5, 5.41) is 6.36. The number of hydrogen-bond donors (Lipinski definition) is 2. The van der Waals surface area contributed by atoms with E-state index in [4.69, 9.17) is 14.6 Å². The van der Waals surface area contributed by atoms with Gasteiger partial charge in [-0.15, -0.1) is 0 Å². The van der Waals surface area contributed by atoms with Crippen LogP contribution in [0.1, 0.15) is 157 Å². The Labute approximate surface area is 291 Å². The number of esters is 2. The zero-order chi connectivity index (χ0) is 32.2. The summed E-state index contributed by atoms with van der Waals surface area (Å²) < 4.78 is 44.6. The van der Waals surface area contributed by atoms with Gasteiger partial charge < -0.3 is 25.3 Å². The molecule has 10 nitrogen and oxygen atoms in total. The molecule has 0 spiro atoms. The molecule has 12 heteroatoms. The van der Waals surface area contributed by atoms with Crippen molar-refractivity contribution >= 4 is 28.0 Å². The van der Waals surface area contributed by atoms with Crippen LogP contribution in [0.25, 0.3) is 0 Å². The van der Waals surface area contributed by atoms with Gasteiger partial charge in [-0.05, 0) is 31.1 Å². The van der Waals surface area contributed by atoms with Crippen molar-refractivity contribution in [3.8, 4) is 0 Å². The maximum atomic E-state index is 12.1. The predicted octanol–water partition coefficient (Wildman–Crippen LogP) is 4.97. The normalized spacial score (nSPS) is 12.8. The third-order valence-corrected chi connectivity index (χ3v) is 8.54. The molecule has 258 valence electrons. The molecule has 0 fully saturated rings. The Morgan fingerprint density at radius 3 is 1.48 bits per heavy atom. The van der Waals surface area contributed by atoms with Crippen LogP contribution in [0.4, 0.5) is 0 Å². The van der Waals surface area contributed by atoms with Gasteiger partial charge >= 0.3 is 47.5 Å². The summed E-state index contributed by atoms with van der Waals surface area (Å²) in [6.07, 6.45) is 18.1. The third kappa shape index (κ3) is 31.3. The molecule has 0 aliphatic rings. The Balaban J connectivity index is -0.000000424. The van der Waals surface area contributed by atoms with Crippen LogP contribution >= 0.6 is 0 Å². The van der Waals surface area contributed by atoms with E-state index in [-0.39, 0.29) is 60.8 Å². The number of unbranched alkanes of at least 4 members (excludes halogenated alkanes) is 10. The van der Waals surface area contributed by atoms with Crippen LogP contribution in [0.2, 0.25) is 0 Å². The molecule has 4 N–H and O–H groups in total. The number of rotatable bonds is 26. The maximum absolute atomic E-state index is 12.1. The third-order valence-electron chi connectivity index (χ3n) is 7.49. The molecule has 3 unspecified atom stereocenters. The number of carbonyl (C=O) groups excluding carboxylic acids is 2. The Morgan fingerprint density at radius 2 is 1.09 bits per heavy atom. The van der Waals surface area contributed by atoms with Crippen molar-refractivity contribution in [2.75, 3.05) is 13.2 Å². The summed E-state index contributed by atoms with van der Waals surface area (Å²) in [6.45, 7) is 10.5. The quantitative estimate of drug-likeness (QED) is 0.0556. The van der Waals surface area contributed by atoms with Gasteiger partial charge in [0, 0.05) is 6.42 Å². The summed E-state index contributed by atoms with van der Waals surface area (Å²) in [5.74, 6) is -2.40. The maximum Gasteiger partial charge on any atom is 1.00 e. The van der Waals surface area contributed by atoms with Crippen LogP contribution in [0.5, 0.6) is 0 Å². The van der Waals surface area contributed by atoms with Crippen LogP contribution in [0.15, 0.2) is 0 Å². The molecule has 0 heterocycles. The molecule has 3 atom stereocenters. The first-order valence-electron chi connectivity index (χ1n) is 16.4. The van der Waals surface area contributed by atoms with Gasteiger partial charge in [-0.25, -0.2) is 8.42 Å². The average molecular weight is 662 g/mol. The zero-order valence-electron chi connectivity index (χ0n) is 28.9. The first kappa shape index (κ1) is 50.1. The largest absolute Gasteiger partial charge is 1.00 e. The second-order valence-corrected chi connectivity index (χ2v) is 12.9. The molecule has 0 rings (SSSR count). The van der Waals surface area contributed by atoms with E-state index in [0.717, 1.165) is 64.2 Å². The molecule has 0 amide bonds. The van der Waals surface area contributed by atoms with Crippen molar-refractivity contribution in [2.24, 2.45) is 11.8 Å². The topological polar surface area (TPSA) is 182 Å². The van der Waals surface area contributed by atoms with Gasteiger partial charge in [-0.1, -0.05) is 125 Å². The number of ether oxygens (including phenoxy) is 2. The van der Waals surface area contributed by atoms with Crippen molar-refractivity contribution in [3.63, 3.8) is 0 Å². The fraction of sp³-hybridized carbons (Fsp3) is 0.906. The van der Waals surface area contributed by atoms with Gasteiger partial charge in [-0.2, -0.15) is 0 Å². The summed E-state index contributed by atoms with van der Waals surface area (Å²) >= 11 is 0. The van der Waals surface area contributed by atoms with Gasteiger partial charge in [0.15, 0.2) is 5.25 Å². The minimum Gasteiger partial charge on any atom is -0.747 e. The Morgan fingerprint density at radius 1 is 0.682 bits per heavy atom. The zero-order valence-corrected chi connectivity index (χ0v) is 31.7. The number of carboxylic acids is 1. The van der Waals surface area contributed by atoms with Crippen molar-refractivity contribution in [2.45, 2.75) is 162 Å². The summed E-state index contributed by atoms with van der Waals surface area (Å²) in [5.41, 5.74) is 0. The van der Waals surface area contributed by atoms with Gasteiger partial charge in [0.2, 0.25) is 0 Å². The molecule has 0 aliphatic heterocycles. The molecule has 0 aromatic carbocycles. The molecule has 0 aromatic heterocycles. The predicted molar refractivity (Wildman–Crippen MR) is 171 cm³/mol. The Bertz CT molecular complexity index is 797. The van der Waals surface area contributed by atoms with Crippen LogP contribution in [0.3, 0.4) is 0 Å². The van der Waals surface area contributed by atoms with Crippen LogP contribution < -0.4 is 35.7 Å². The summed E-state index contributed by atoms with van der Waals surface area (Å²) in [7, 11) is -5.01. The van der Waals surface area contributed by atoms with E-state index in [0.29, 0.717) is 6.42 Å². The van der Waals surface area contributed by atoms with E-state index in [2.05, 4.69) is 20.8 Å². The van der Waals surface area contributed by atoms with Crippen molar-refractivity contribution in [3.05, 3.63) is 0 Å². The first-order valence-corrected chi connectivity index (χ1v) is 17.9. The average Bonchev–Trinajstić information content (AvgIpc) is 2.94. The van der Waals surface area contributed by atoms with Gasteiger partial charge in [-0.3, -0.25) is 14.4 Å². The number of carbonyl (C=O) groups is 3. The molecule has 0 aliphatic carbocycles. The molecular weight excluding hydrogens is 597 g/mol. The minimum atomic E-state index is -5.01. The second kappa shape index (κ2) is 33.6. The van der Waals surface area contributed by atoms with E-state index in [9.17, 15) is 27.4 Å².